The molecule has 5 nitrogen and oxygen atoms in total. The van der Waals surface area contributed by atoms with Crippen LogP contribution < -0.4 is 10.3 Å². The average Bonchev–Trinajstić information content (AvgIpc) is 2.61. The van der Waals surface area contributed by atoms with Gasteiger partial charge in [-0.2, -0.15) is 0 Å². The normalized spacial score (nSPS) is 12.5. The topological polar surface area (TPSA) is 58.2 Å². The molecule has 3 rings (SSSR count). The molecule has 130 valence electrons. The molecule has 2 aromatic carbocycles. The van der Waals surface area contributed by atoms with E-state index in [1.807, 2.05) is 43.1 Å². The molecule has 0 aliphatic carbocycles. The first kappa shape index (κ1) is 17.1. The Bertz CT molecular complexity index is 955. The molecular weight excluding hydrogens is 321 g/mol. The predicted molar refractivity (Wildman–Crippen MR) is 95.2 cm³/mol. The van der Waals surface area contributed by atoms with Crippen LogP contribution in [0.1, 0.15) is 24.4 Å². The highest BCUT2D eigenvalue weighted by atomic mass is 19.1. The van der Waals surface area contributed by atoms with Gasteiger partial charge in [-0.05, 0) is 43.8 Å². The molecule has 0 saturated carbocycles. The van der Waals surface area contributed by atoms with Gasteiger partial charge in [0.1, 0.15) is 5.82 Å². The predicted octanol–water partition coefficient (Wildman–Crippen LogP) is 3.26. The van der Waals surface area contributed by atoms with Gasteiger partial charge in [-0.25, -0.2) is 9.37 Å². The summed E-state index contributed by atoms with van der Waals surface area (Å²) < 4.78 is 18.8. The van der Waals surface area contributed by atoms with Crippen LogP contribution in [0.15, 0.2) is 47.3 Å². The number of halogens is 1. The lowest BCUT2D eigenvalue weighted by molar-refractivity contribution is 0.243. The number of rotatable bonds is 5. The molecule has 0 saturated heterocycles. The van der Waals surface area contributed by atoms with Crippen LogP contribution in [-0.4, -0.2) is 29.0 Å². The van der Waals surface area contributed by atoms with Crippen LogP contribution in [-0.2, 0) is 6.54 Å². The van der Waals surface area contributed by atoms with Crippen molar-refractivity contribution in [2.45, 2.75) is 19.5 Å². The number of H-pyrrole nitrogens is 1. The highest BCUT2D eigenvalue weighted by molar-refractivity contribution is 5.77. The van der Waals surface area contributed by atoms with Gasteiger partial charge in [0.2, 0.25) is 0 Å². The van der Waals surface area contributed by atoms with Crippen LogP contribution in [0.4, 0.5) is 4.39 Å². The zero-order valence-electron chi connectivity index (χ0n) is 14.4. The van der Waals surface area contributed by atoms with E-state index in [4.69, 9.17) is 4.74 Å². The van der Waals surface area contributed by atoms with E-state index in [-0.39, 0.29) is 17.4 Å². The van der Waals surface area contributed by atoms with Crippen molar-refractivity contribution in [1.82, 2.24) is 14.9 Å². The van der Waals surface area contributed by atoms with E-state index in [0.29, 0.717) is 23.3 Å². The minimum absolute atomic E-state index is 0.137. The second kappa shape index (κ2) is 7.03. The van der Waals surface area contributed by atoms with Crippen molar-refractivity contribution in [3.05, 3.63) is 70.0 Å². The summed E-state index contributed by atoms with van der Waals surface area (Å²) in [7, 11) is 3.34. The lowest BCUT2D eigenvalue weighted by atomic mass is 10.1. The van der Waals surface area contributed by atoms with Gasteiger partial charge >= 0.3 is 0 Å². The number of ether oxygens (including phenoxy) is 1. The lowest BCUT2D eigenvalue weighted by Crippen LogP contribution is -2.26. The van der Waals surface area contributed by atoms with E-state index in [2.05, 4.69) is 9.97 Å². The molecule has 3 aromatic rings. The quantitative estimate of drug-likeness (QED) is 0.774. The van der Waals surface area contributed by atoms with Crippen molar-refractivity contribution >= 4 is 10.9 Å². The first-order valence-corrected chi connectivity index (χ1v) is 8.01. The van der Waals surface area contributed by atoms with E-state index in [0.717, 1.165) is 5.56 Å². The van der Waals surface area contributed by atoms with E-state index >= 15 is 0 Å². The molecule has 0 aliphatic heterocycles. The summed E-state index contributed by atoms with van der Waals surface area (Å²) in [6, 6.07) is 12.0. The van der Waals surface area contributed by atoms with Crippen LogP contribution in [0.5, 0.6) is 5.75 Å². The number of methoxy groups -OCH3 is 1. The monoisotopic (exact) mass is 341 g/mol. The molecule has 0 aliphatic rings. The highest BCUT2D eigenvalue weighted by Crippen LogP contribution is 2.22. The maximum atomic E-state index is 13.8. The third-order valence-electron chi connectivity index (χ3n) is 4.34. The largest absolute Gasteiger partial charge is 0.494 e. The average molecular weight is 341 g/mol. The summed E-state index contributed by atoms with van der Waals surface area (Å²) in [5.74, 6) is 0.415. The third kappa shape index (κ3) is 3.53. The molecule has 1 heterocycles. The summed E-state index contributed by atoms with van der Waals surface area (Å²) in [5.41, 5.74) is 1.32. The molecule has 0 bridgehead atoms. The second-order valence-electron chi connectivity index (χ2n) is 6.03. The Morgan fingerprint density at radius 1 is 1.28 bits per heavy atom. The number of aromatic amines is 1. The van der Waals surface area contributed by atoms with Gasteiger partial charge in [-0.15, -0.1) is 0 Å². The number of fused-ring (bicyclic) bond motifs is 1. The van der Waals surface area contributed by atoms with E-state index in [9.17, 15) is 9.18 Å². The van der Waals surface area contributed by atoms with Crippen molar-refractivity contribution in [1.29, 1.82) is 0 Å². The van der Waals surface area contributed by atoms with Crippen molar-refractivity contribution in [3.63, 3.8) is 0 Å². The van der Waals surface area contributed by atoms with Crippen LogP contribution >= 0.6 is 0 Å². The lowest BCUT2D eigenvalue weighted by Gasteiger charge is -2.24. The van der Waals surface area contributed by atoms with E-state index in [1.54, 1.807) is 12.1 Å². The summed E-state index contributed by atoms with van der Waals surface area (Å²) in [5, 5.41) is 0.568. The third-order valence-corrected chi connectivity index (χ3v) is 4.34. The van der Waals surface area contributed by atoms with Gasteiger partial charge in [0.05, 0.1) is 24.1 Å². The van der Waals surface area contributed by atoms with Gasteiger partial charge in [0.25, 0.3) is 5.56 Å². The van der Waals surface area contributed by atoms with Crippen molar-refractivity contribution in [3.8, 4) is 5.75 Å². The number of hydrogen-bond donors (Lipinski definition) is 1. The molecule has 0 radical (unpaired) electrons. The van der Waals surface area contributed by atoms with Gasteiger partial charge in [-0.3, -0.25) is 9.69 Å². The minimum atomic E-state index is -0.390. The van der Waals surface area contributed by atoms with Crippen LogP contribution in [0.2, 0.25) is 0 Å². The maximum Gasteiger partial charge on any atom is 0.258 e. The molecule has 6 heteroatoms. The van der Waals surface area contributed by atoms with Crippen LogP contribution in [0, 0.1) is 5.82 Å². The Morgan fingerprint density at radius 2 is 2.04 bits per heavy atom. The maximum absolute atomic E-state index is 13.8. The Labute approximate surface area is 145 Å². The summed E-state index contributed by atoms with van der Waals surface area (Å²) in [4.78, 5) is 21.6. The first-order chi connectivity index (χ1) is 12.0. The Morgan fingerprint density at radius 3 is 2.76 bits per heavy atom. The molecular formula is C19H20FN3O2. The number of hydrogen-bond acceptors (Lipinski definition) is 4. The smallest absolute Gasteiger partial charge is 0.258 e. The standard InChI is InChI=1S/C19H20FN3O2/c1-12(18-21-16-7-5-4-6-14(16)19(24)22-18)23(2)11-13-8-9-17(25-3)15(20)10-13/h4-10,12H,11H2,1-3H3,(H,21,22,24)/t12-/m1/s1. The highest BCUT2D eigenvalue weighted by Gasteiger charge is 2.16. The Balaban J connectivity index is 1.84. The number of nitrogens with one attached hydrogen (secondary N) is 1. The molecule has 1 aromatic heterocycles. The number of para-hydroxylation sites is 1. The van der Waals surface area contributed by atoms with E-state index in [1.165, 1.54) is 13.2 Å². The molecule has 1 atom stereocenters. The van der Waals surface area contributed by atoms with Crippen LogP contribution in [0.3, 0.4) is 0 Å². The molecule has 25 heavy (non-hydrogen) atoms. The minimum Gasteiger partial charge on any atom is -0.494 e. The zero-order chi connectivity index (χ0) is 18.0. The molecule has 1 N–H and O–H groups in total. The van der Waals surface area contributed by atoms with Gasteiger partial charge < -0.3 is 9.72 Å². The van der Waals surface area contributed by atoms with Crippen molar-refractivity contribution in [2.75, 3.05) is 14.2 Å². The fraction of sp³-hybridized carbons (Fsp3) is 0.263. The SMILES string of the molecule is COc1ccc(CN(C)[C@H](C)c2nc3ccccc3c(=O)[nH]2)cc1F. The second-order valence-corrected chi connectivity index (χ2v) is 6.03. The van der Waals surface area contributed by atoms with Gasteiger partial charge in [-0.1, -0.05) is 18.2 Å². The number of benzene rings is 2. The molecule has 0 amide bonds. The number of aromatic nitrogens is 2. The Kier molecular flexibility index (Phi) is 4.81. The first-order valence-electron chi connectivity index (χ1n) is 8.01. The molecule has 0 fully saturated rings. The fourth-order valence-corrected chi connectivity index (χ4v) is 2.74. The van der Waals surface area contributed by atoms with E-state index < -0.39 is 5.82 Å². The van der Waals surface area contributed by atoms with Crippen molar-refractivity contribution in [2.24, 2.45) is 0 Å². The molecule has 0 spiro atoms. The summed E-state index contributed by atoms with van der Waals surface area (Å²) in [6.45, 7) is 2.46. The number of nitrogens with zero attached hydrogens (tertiary/aromatic N) is 2. The van der Waals surface area contributed by atoms with Crippen molar-refractivity contribution < 1.29 is 9.13 Å². The summed E-state index contributed by atoms with van der Waals surface area (Å²) in [6.07, 6.45) is 0. The van der Waals surface area contributed by atoms with Gasteiger partial charge in [0, 0.05) is 6.54 Å². The fourth-order valence-electron chi connectivity index (χ4n) is 2.74. The van der Waals surface area contributed by atoms with Gasteiger partial charge in [0.15, 0.2) is 11.6 Å². The summed E-state index contributed by atoms with van der Waals surface area (Å²) >= 11 is 0. The Hall–Kier alpha value is -2.73. The molecule has 0 unspecified atom stereocenters. The van der Waals surface area contributed by atoms with Crippen LogP contribution in [0.25, 0.3) is 10.9 Å². The zero-order valence-corrected chi connectivity index (χ0v) is 14.4.